The Morgan fingerprint density at radius 1 is 1.39 bits per heavy atom. The number of amides is 1. The number of hydrogen-bond donors (Lipinski definition) is 1. The lowest BCUT2D eigenvalue weighted by atomic mass is 10.1. The van der Waals surface area contributed by atoms with Gasteiger partial charge in [-0.2, -0.15) is 0 Å². The number of nitrogens with zero attached hydrogens (tertiary/aromatic N) is 1. The average molecular weight is 255 g/mol. The molecule has 0 aromatic carbocycles. The summed E-state index contributed by atoms with van der Waals surface area (Å²) in [5.74, 6) is -1.15. The van der Waals surface area contributed by atoms with Crippen molar-refractivity contribution in [3.63, 3.8) is 0 Å². The molecule has 0 aliphatic carbocycles. The standard InChI is InChI=1S/C13H21NO4/c1-3-4-10(2)13(17)14(9-12(15)16)11-5-7-18-8-6-11/h4,11H,3,5-9H2,1-2H3,(H,15,16)/b10-4+. The molecule has 1 aliphatic rings. The quantitative estimate of drug-likeness (QED) is 0.755. The molecule has 0 radical (unpaired) electrons. The fourth-order valence-electron chi connectivity index (χ4n) is 2.13. The Labute approximate surface area is 107 Å². The molecule has 1 fully saturated rings. The molecule has 18 heavy (non-hydrogen) atoms. The van der Waals surface area contributed by atoms with Crippen molar-refractivity contribution in [2.24, 2.45) is 0 Å². The molecule has 5 nitrogen and oxygen atoms in total. The number of carboxylic acids is 1. The molecule has 0 unspecified atom stereocenters. The van der Waals surface area contributed by atoms with E-state index in [1.165, 1.54) is 4.90 Å². The number of rotatable bonds is 5. The molecule has 1 saturated heterocycles. The maximum atomic E-state index is 12.2. The van der Waals surface area contributed by atoms with Crippen molar-refractivity contribution in [1.29, 1.82) is 0 Å². The first kappa shape index (κ1) is 14.7. The van der Waals surface area contributed by atoms with Crippen LogP contribution in [0.25, 0.3) is 0 Å². The van der Waals surface area contributed by atoms with Gasteiger partial charge in [-0.25, -0.2) is 0 Å². The molecule has 102 valence electrons. The van der Waals surface area contributed by atoms with Gasteiger partial charge in [0.15, 0.2) is 0 Å². The maximum Gasteiger partial charge on any atom is 0.323 e. The molecule has 0 aromatic heterocycles. The summed E-state index contributed by atoms with van der Waals surface area (Å²) >= 11 is 0. The molecule has 0 bridgehead atoms. The molecular weight excluding hydrogens is 234 g/mol. The van der Waals surface area contributed by atoms with Gasteiger partial charge in [0.05, 0.1) is 0 Å². The number of hydrogen-bond acceptors (Lipinski definition) is 3. The molecule has 5 heteroatoms. The Bertz CT molecular complexity index is 332. The van der Waals surface area contributed by atoms with E-state index < -0.39 is 5.97 Å². The zero-order valence-corrected chi connectivity index (χ0v) is 11.0. The van der Waals surface area contributed by atoms with Crippen LogP contribution in [-0.2, 0) is 14.3 Å². The van der Waals surface area contributed by atoms with Crippen molar-refractivity contribution in [2.75, 3.05) is 19.8 Å². The van der Waals surface area contributed by atoms with Crippen LogP contribution in [0.1, 0.15) is 33.1 Å². The van der Waals surface area contributed by atoms with Gasteiger partial charge in [-0.15, -0.1) is 0 Å². The maximum absolute atomic E-state index is 12.2. The summed E-state index contributed by atoms with van der Waals surface area (Å²) < 4.78 is 5.24. The first-order valence-electron chi connectivity index (χ1n) is 6.33. The van der Waals surface area contributed by atoms with Crippen LogP contribution in [0.2, 0.25) is 0 Å². The average Bonchev–Trinajstić information content (AvgIpc) is 2.36. The van der Waals surface area contributed by atoms with E-state index in [2.05, 4.69) is 0 Å². The number of ether oxygens (including phenoxy) is 1. The second kappa shape index (κ2) is 7.16. The van der Waals surface area contributed by atoms with Gasteiger partial charge in [-0.3, -0.25) is 9.59 Å². The van der Waals surface area contributed by atoms with E-state index in [-0.39, 0.29) is 18.5 Å². The van der Waals surface area contributed by atoms with E-state index in [0.29, 0.717) is 31.6 Å². The van der Waals surface area contributed by atoms with Crippen LogP contribution in [0.5, 0.6) is 0 Å². The van der Waals surface area contributed by atoms with Gasteiger partial charge in [-0.05, 0) is 26.2 Å². The molecule has 0 atom stereocenters. The Kier molecular flexibility index (Phi) is 5.85. The first-order chi connectivity index (χ1) is 8.56. The van der Waals surface area contributed by atoms with E-state index in [0.717, 1.165) is 6.42 Å². The minimum atomic E-state index is -0.973. The predicted octanol–water partition coefficient (Wildman–Crippen LogP) is 1.43. The highest BCUT2D eigenvalue weighted by Crippen LogP contribution is 2.17. The number of allylic oxidation sites excluding steroid dienone is 1. The molecule has 1 amide bonds. The van der Waals surface area contributed by atoms with Crippen molar-refractivity contribution in [1.82, 2.24) is 4.90 Å². The van der Waals surface area contributed by atoms with E-state index >= 15 is 0 Å². The van der Waals surface area contributed by atoms with Crippen LogP contribution in [0, 0.1) is 0 Å². The van der Waals surface area contributed by atoms with Gasteiger partial charge < -0.3 is 14.7 Å². The third-order valence-electron chi connectivity index (χ3n) is 3.05. The number of carbonyl (C=O) groups excluding carboxylic acids is 1. The fraction of sp³-hybridized carbons (Fsp3) is 0.692. The summed E-state index contributed by atoms with van der Waals surface area (Å²) in [4.78, 5) is 24.6. The molecule has 0 aromatic rings. The molecule has 1 heterocycles. The summed E-state index contributed by atoms with van der Waals surface area (Å²) in [6.45, 7) is 4.63. The summed E-state index contributed by atoms with van der Waals surface area (Å²) in [5, 5.41) is 8.93. The predicted molar refractivity (Wildman–Crippen MR) is 67.2 cm³/mol. The highest BCUT2D eigenvalue weighted by Gasteiger charge is 2.27. The van der Waals surface area contributed by atoms with Gasteiger partial charge in [-0.1, -0.05) is 13.0 Å². The zero-order valence-electron chi connectivity index (χ0n) is 11.0. The Morgan fingerprint density at radius 3 is 2.50 bits per heavy atom. The van der Waals surface area contributed by atoms with Gasteiger partial charge in [0.1, 0.15) is 6.54 Å². The van der Waals surface area contributed by atoms with Crippen molar-refractivity contribution in [2.45, 2.75) is 39.2 Å². The van der Waals surface area contributed by atoms with Crippen LogP contribution >= 0.6 is 0 Å². The number of carboxylic acid groups (broad SMARTS) is 1. The summed E-state index contributed by atoms with van der Waals surface area (Å²) in [5.41, 5.74) is 0.616. The van der Waals surface area contributed by atoms with Crippen LogP contribution in [-0.4, -0.2) is 47.7 Å². The second-order valence-electron chi connectivity index (χ2n) is 4.47. The zero-order chi connectivity index (χ0) is 13.5. The minimum Gasteiger partial charge on any atom is -0.480 e. The highest BCUT2D eigenvalue weighted by atomic mass is 16.5. The molecule has 1 N–H and O–H groups in total. The molecule has 1 rings (SSSR count). The SMILES string of the molecule is CC/C=C(\C)C(=O)N(CC(=O)O)C1CCOCC1. The minimum absolute atomic E-state index is 0.0254. The molecular formula is C13H21NO4. The summed E-state index contributed by atoms with van der Waals surface area (Å²) in [6, 6.07) is -0.0254. The normalized spacial score (nSPS) is 17.6. The summed E-state index contributed by atoms with van der Waals surface area (Å²) in [6.07, 6.45) is 4.01. The monoisotopic (exact) mass is 255 g/mol. The first-order valence-corrected chi connectivity index (χ1v) is 6.33. The lowest BCUT2D eigenvalue weighted by molar-refractivity contribution is -0.145. The van der Waals surface area contributed by atoms with Crippen molar-refractivity contribution < 1.29 is 19.4 Å². The number of carbonyl (C=O) groups is 2. The van der Waals surface area contributed by atoms with Crippen LogP contribution in [0.3, 0.4) is 0 Å². The number of aliphatic carboxylic acids is 1. The lowest BCUT2D eigenvalue weighted by Gasteiger charge is -2.33. The lowest BCUT2D eigenvalue weighted by Crippen LogP contribution is -2.46. The van der Waals surface area contributed by atoms with Crippen LogP contribution < -0.4 is 0 Å². The third-order valence-corrected chi connectivity index (χ3v) is 3.05. The summed E-state index contributed by atoms with van der Waals surface area (Å²) in [7, 11) is 0. The topological polar surface area (TPSA) is 66.8 Å². The van der Waals surface area contributed by atoms with Crippen molar-refractivity contribution in [3.8, 4) is 0 Å². The van der Waals surface area contributed by atoms with E-state index in [4.69, 9.17) is 9.84 Å². The van der Waals surface area contributed by atoms with E-state index in [1.54, 1.807) is 6.92 Å². The Morgan fingerprint density at radius 2 is 2.00 bits per heavy atom. The van der Waals surface area contributed by atoms with Gasteiger partial charge in [0.2, 0.25) is 5.91 Å². The van der Waals surface area contributed by atoms with Gasteiger partial charge in [0, 0.05) is 24.8 Å². The van der Waals surface area contributed by atoms with Crippen LogP contribution in [0.15, 0.2) is 11.6 Å². The second-order valence-corrected chi connectivity index (χ2v) is 4.47. The van der Waals surface area contributed by atoms with E-state index in [1.807, 2.05) is 13.0 Å². The largest absolute Gasteiger partial charge is 0.480 e. The van der Waals surface area contributed by atoms with Crippen LogP contribution in [0.4, 0.5) is 0 Å². The van der Waals surface area contributed by atoms with Crippen molar-refractivity contribution in [3.05, 3.63) is 11.6 Å². The van der Waals surface area contributed by atoms with Crippen molar-refractivity contribution >= 4 is 11.9 Å². The van der Waals surface area contributed by atoms with Gasteiger partial charge >= 0.3 is 5.97 Å². The van der Waals surface area contributed by atoms with E-state index in [9.17, 15) is 9.59 Å². The Balaban J connectivity index is 2.79. The highest BCUT2D eigenvalue weighted by molar-refractivity contribution is 5.94. The molecule has 0 spiro atoms. The Hall–Kier alpha value is -1.36. The molecule has 1 aliphatic heterocycles. The van der Waals surface area contributed by atoms with Gasteiger partial charge in [0.25, 0.3) is 0 Å². The third kappa shape index (κ3) is 4.14. The fourth-order valence-corrected chi connectivity index (χ4v) is 2.13. The molecule has 0 saturated carbocycles. The smallest absolute Gasteiger partial charge is 0.323 e.